The minimum atomic E-state index is -3.59. The van der Waals surface area contributed by atoms with Crippen LogP contribution in [-0.4, -0.2) is 30.1 Å². The van der Waals surface area contributed by atoms with Gasteiger partial charge in [-0.05, 0) is 48.5 Å². The van der Waals surface area contributed by atoms with Gasteiger partial charge in [0.25, 0.3) is 5.91 Å². The van der Waals surface area contributed by atoms with Gasteiger partial charge in [0, 0.05) is 23.6 Å². The molecule has 0 radical (unpaired) electrons. The molecule has 8 heteroatoms. The zero-order chi connectivity index (χ0) is 17.9. The summed E-state index contributed by atoms with van der Waals surface area (Å²) in [4.78, 5) is 15.7. The first-order valence-corrected chi connectivity index (χ1v) is 9.18. The Balaban J connectivity index is 1.68. The van der Waals surface area contributed by atoms with E-state index in [1.807, 2.05) is 39.8 Å². The lowest BCUT2D eigenvalue weighted by atomic mass is 10.2. The average molecular weight is 357 g/mol. The Hall–Kier alpha value is -3.13. The monoisotopic (exact) mass is 357 g/mol. The number of carbonyl (C=O) groups excluding carboxylic acids is 1. The van der Waals surface area contributed by atoms with E-state index in [0.717, 1.165) is 11.9 Å². The molecule has 0 spiro atoms. The summed E-state index contributed by atoms with van der Waals surface area (Å²) in [5.74, 6) is 0.488. The number of hydrogen-bond donors (Lipinski definition) is 1. The number of imidazole rings is 1. The van der Waals surface area contributed by atoms with Crippen molar-refractivity contribution in [3.8, 4) is 17.2 Å². The Morgan fingerprint density at radius 3 is 2.16 bits per heavy atom. The second kappa shape index (κ2) is 6.78. The van der Waals surface area contributed by atoms with Crippen molar-refractivity contribution in [1.82, 2.24) is 14.3 Å². The zero-order valence-electron chi connectivity index (χ0n) is 13.3. The van der Waals surface area contributed by atoms with Gasteiger partial charge >= 0.3 is 0 Å². The first-order valence-electron chi connectivity index (χ1n) is 7.29. The normalized spacial score (nSPS) is 11.1. The van der Waals surface area contributed by atoms with E-state index in [9.17, 15) is 13.2 Å². The summed E-state index contributed by atoms with van der Waals surface area (Å²) in [7, 11) is -3.59. The van der Waals surface area contributed by atoms with Crippen LogP contribution in [0.25, 0.3) is 5.69 Å². The first-order chi connectivity index (χ1) is 11.9. The van der Waals surface area contributed by atoms with E-state index in [-0.39, 0.29) is 5.56 Å². The third kappa shape index (κ3) is 4.45. The van der Waals surface area contributed by atoms with Crippen molar-refractivity contribution in [2.75, 3.05) is 6.26 Å². The molecule has 0 bridgehead atoms. The van der Waals surface area contributed by atoms with Crippen molar-refractivity contribution in [3.05, 3.63) is 72.8 Å². The van der Waals surface area contributed by atoms with Crippen LogP contribution in [0.15, 0.2) is 67.3 Å². The summed E-state index contributed by atoms with van der Waals surface area (Å²) in [6.45, 7) is 0. The number of hydrogen-bond acceptors (Lipinski definition) is 5. The van der Waals surface area contributed by atoms with Crippen LogP contribution in [-0.2, 0) is 10.0 Å². The fourth-order valence-corrected chi connectivity index (χ4v) is 2.59. The topological polar surface area (TPSA) is 90.3 Å². The Kier molecular flexibility index (Phi) is 4.53. The number of nitrogens with zero attached hydrogens (tertiary/aromatic N) is 2. The van der Waals surface area contributed by atoms with Crippen LogP contribution in [0, 0.1) is 0 Å². The standard InChI is InChI=1S/C17H15N3O4S/c1-25(22,23)19-17(21)13-2-6-15(7-3-13)24-16-8-4-14(5-9-16)20-11-10-18-12-20/h2-12H,1H3,(H,19,21). The number of benzene rings is 2. The Bertz CT molecular complexity index is 964. The predicted octanol–water partition coefficient (Wildman–Crippen LogP) is 2.35. The molecular weight excluding hydrogens is 342 g/mol. The second-order valence-electron chi connectivity index (χ2n) is 5.29. The minimum Gasteiger partial charge on any atom is -0.457 e. The van der Waals surface area contributed by atoms with Crippen molar-refractivity contribution >= 4 is 15.9 Å². The fourth-order valence-electron chi connectivity index (χ4n) is 2.14. The van der Waals surface area contributed by atoms with Crippen LogP contribution in [0.4, 0.5) is 0 Å². The van der Waals surface area contributed by atoms with E-state index >= 15 is 0 Å². The maximum atomic E-state index is 11.7. The average Bonchev–Trinajstić information content (AvgIpc) is 3.09. The molecule has 0 saturated heterocycles. The van der Waals surface area contributed by atoms with E-state index in [4.69, 9.17) is 4.74 Å². The number of amides is 1. The maximum absolute atomic E-state index is 11.7. The molecule has 0 atom stereocenters. The smallest absolute Gasteiger partial charge is 0.264 e. The number of rotatable bonds is 5. The van der Waals surface area contributed by atoms with Gasteiger partial charge in [-0.15, -0.1) is 0 Å². The molecule has 7 nitrogen and oxygen atoms in total. The highest BCUT2D eigenvalue weighted by molar-refractivity contribution is 7.89. The highest BCUT2D eigenvalue weighted by Gasteiger charge is 2.11. The summed E-state index contributed by atoms with van der Waals surface area (Å²) in [5.41, 5.74) is 1.19. The second-order valence-corrected chi connectivity index (χ2v) is 7.04. The van der Waals surface area contributed by atoms with Crippen LogP contribution in [0.3, 0.4) is 0 Å². The van der Waals surface area contributed by atoms with Crippen molar-refractivity contribution in [2.24, 2.45) is 0 Å². The third-order valence-electron chi connectivity index (χ3n) is 3.27. The van der Waals surface area contributed by atoms with Gasteiger partial charge in [-0.2, -0.15) is 0 Å². The Morgan fingerprint density at radius 1 is 1.04 bits per heavy atom. The van der Waals surface area contributed by atoms with Gasteiger partial charge in [0.1, 0.15) is 11.5 Å². The van der Waals surface area contributed by atoms with Crippen LogP contribution < -0.4 is 9.46 Å². The minimum absolute atomic E-state index is 0.230. The molecule has 25 heavy (non-hydrogen) atoms. The third-order valence-corrected chi connectivity index (χ3v) is 3.83. The van der Waals surface area contributed by atoms with Gasteiger partial charge < -0.3 is 9.30 Å². The molecule has 0 aliphatic heterocycles. The summed E-state index contributed by atoms with van der Waals surface area (Å²) < 4.78 is 31.6. The van der Waals surface area contributed by atoms with Crippen LogP contribution >= 0.6 is 0 Å². The van der Waals surface area contributed by atoms with Crippen LogP contribution in [0.2, 0.25) is 0 Å². The van der Waals surface area contributed by atoms with E-state index in [1.54, 1.807) is 24.7 Å². The molecule has 1 N–H and O–H groups in total. The van der Waals surface area contributed by atoms with Gasteiger partial charge in [-0.25, -0.2) is 18.1 Å². The van der Waals surface area contributed by atoms with E-state index in [2.05, 4.69) is 4.98 Å². The molecule has 3 aromatic rings. The van der Waals surface area contributed by atoms with Gasteiger partial charge in [0.2, 0.25) is 10.0 Å². The molecule has 128 valence electrons. The molecule has 0 aliphatic carbocycles. The summed E-state index contributed by atoms with van der Waals surface area (Å²) in [5, 5.41) is 0. The van der Waals surface area contributed by atoms with Crippen LogP contribution in [0.5, 0.6) is 11.5 Å². The Morgan fingerprint density at radius 2 is 1.64 bits per heavy atom. The van der Waals surface area contributed by atoms with Crippen molar-refractivity contribution in [3.63, 3.8) is 0 Å². The van der Waals surface area contributed by atoms with Crippen LogP contribution in [0.1, 0.15) is 10.4 Å². The van der Waals surface area contributed by atoms with Gasteiger partial charge in [0.05, 0.1) is 12.6 Å². The predicted molar refractivity (Wildman–Crippen MR) is 92.4 cm³/mol. The quantitative estimate of drug-likeness (QED) is 0.757. The van der Waals surface area contributed by atoms with Gasteiger partial charge in [0.15, 0.2) is 0 Å². The lowest BCUT2D eigenvalue weighted by molar-refractivity contribution is 0.0981. The lowest BCUT2D eigenvalue weighted by Gasteiger charge is -2.08. The Labute approximate surface area is 144 Å². The molecule has 1 heterocycles. The number of nitrogens with one attached hydrogen (secondary N) is 1. The SMILES string of the molecule is CS(=O)(=O)NC(=O)c1ccc(Oc2ccc(-n3ccnc3)cc2)cc1. The molecular formula is C17H15N3O4S. The molecule has 1 aromatic heterocycles. The highest BCUT2D eigenvalue weighted by atomic mass is 32.2. The highest BCUT2D eigenvalue weighted by Crippen LogP contribution is 2.23. The number of sulfonamides is 1. The summed E-state index contributed by atoms with van der Waals surface area (Å²) in [6.07, 6.45) is 6.17. The largest absolute Gasteiger partial charge is 0.457 e. The molecule has 0 unspecified atom stereocenters. The first kappa shape index (κ1) is 16.7. The molecule has 0 saturated carbocycles. The van der Waals surface area contributed by atoms with Crippen molar-refractivity contribution < 1.29 is 17.9 Å². The van der Waals surface area contributed by atoms with E-state index < -0.39 is 15.9 Å². The van der Waals surface area contributed by atoms with Gasteiger partial charge in [-0.1, -0.05) is 0 Å². The van der Waals surface area contributed by atoms with E-state index in [1.165, 1.54) is 12.1 Å². The molecule has 0 fully saturated rings. The summed E-state index contributed by atoms with van der Waals surface area (Å²) in [6, 6.07) is 13.6. The molecule has 0 aliphatic rings. The van der Waals surface area contributed by atoms with Crippen molar-refractivity contribution in [1.29, 1.82) is 0 Å². The molecule has 2 aromatic carbocycles. The number of aromatic nitrogens is 2. The molecule has 3 rings (SSSR count). The lowest BCUT2D eigenvalue weighted by Crippen LogP contribution is -2.29. The fraction of sp³-hybridized carbons (Fsp3) is 0.0588. The maximum Gasteiger partial charge on any atom is 0.264 e. The zero-order valence-corrected chi connectivity index (χ0v) is 14.1. The van der Waals surface area contributed by atoms with E-state index in [0.29, 0.717) is 11.5 Å². The molecule has 1 amide bonds. The van der Waals surface area contributed by atoms with Crippen molar-refractivity contribution in [2.45, 2.75) is 0 Å². The summed E-state index contributed by atoms with van der Waals surface area (Å²) >= 11 is 0. The number of ether oxygens (including phenoxy) is 1. The number of carbonyl (C=O) groups is 1. The van der Waals surface area contributed by atoms with Gasteiger partial charge in [-0.3, -0.25) is 4.79 Å².